The molecule has 2 bridgehead atoms. The number of ether oxygens (including phenoxy) is 1. The first-order valence-electron chi connectivity index (χ1n) is 4.08. The fraction of sp³-hybridized carbons (Fsp3) is 0.556. The molecule has 1 fully saturated rings. The van der Waals surface area contributed by atoms with Crippen LogP contribution in [0.1, 0.15) is 13.3 Å². The Labute approximate surface area is 70.4 Å². The molecule has 3 atom stereocenters. The van der Waals surface area contributed by atoms with Crippen molar-refractivity contribution in [2.45, 2.75) is 19.4 Å². The van der Waals surface area contributed by atoms with Crippen LogP contribution in [0.5, 0.6) is 0 Å². The lowest BCUT2D eigenvalue weighted by molar-refractivity contribution is -0.153. The smallest absolute Gasteiger partial charge is 0.303 e. The molecule has 0 aromatic carbocycles. The number of Topliss-reactive ketones (excluding diaryl/α,β-unsaturated/α-hetero) is 1. The zero-order chi connectivity index (χ0) is 8.72. The van der Waals surface area contributed by atoms with Crippen molar-refractivity contribution in [2.24, 2.45) is 11.8 Å². The summed E-state index contributed by atoms with van der Waals surface area (Å²) in [6, 6.07) is 0. The highest BCUT2D eigenvalue weighted by Gasteiger charge is 2.45. The number of allylic oxidation sites excluding steroid dienone is 1. The van der Waals surface area contributed by atoms with Crippen molar-refractivity contribution < 1.29 is 14.3 Å². The molecule has 1 saturated carbocycles. The van der Waals surface area contributed by atoms with Crippen molar-refractivity contribution in [3.05, 3.63) is 12.2 Å². The van der Waals surface area contributed by atoms with Crippen LogP contribution >= 0.6 is 0 Å². The van der Waals surface area contributed by atoms with Crippen LogP contribution in [0, 0.1) is 11.8 Å². The summed E-state index contributed by atoms with van der Waals surface area (Å²) in [6.45, 7) is 1.34. The number of carbonyl (C=O) groups excluding carboxylic acids is 2. The van der Waals surface area contributed by atoms with Crippen molar-refractivity contribution >= 4 is 11.8 Å². The molecule has 0 saturated heterocycles. The van der Waals surface area contributed by atoms with Gasteiger partial charge in [-0.2, -0.15) is 0 Å². The van der Waals surface area contributed by atoms with Gasteiger partial charge in [0.05, 0.1) is 0 Å². The van der Waals surface area contributed by atoms with Crippen molar-refractivity contribution in [1.29, 1.82) is 0 Å². The third-order valence-electron chi connectivity index (χ3n) is 2.44. The largest absolute Gasteiger partial charge is 0.454 e. The molecule has 64 valence electrons. The molecule has 0 aromatic heterocycles. The first kappa shape index (κ1) is 7.53. The Hall–Kier alpha value is -1.12. The van der Waals surface area contributed by atoms with Gasteiger partial charge in [0.1, 0.15) is 0 Å². The standard InChI is InChI=1S/C9H10O3/c1-5(10)12-9-7-3-2-6(4-7)8(9)11/h2-3,6-7,9H,4H2,1H3/t6-,7+,9+/m1/s1. The van der Waals surface area contributed by atoms with Crippen LogP contribution in [0.2, 0.25) is 0 Å². The summed E-state index contributed by atoms with van der Waals surface area (Å²) in [7, 11) is 0. The predicted molar refractivity (Wildman–Crippen MR) is 41.3 cm³/mol. The summed E-state index contributed by atoms with van der Waals surface area (Å²) in [4.78, 5) is 22.0. The van der Waals surface area contributed by atoms with Crippen molar-refractivity contribution in [3.8, 4) is 0 Å². The van der Waals surface area contributed by atoms with Gasteiger partial charge in [0.15, 0.2) is 11.9 Å². The zero-order valence-corrected chi connectivity index (χ0v) is 6.82. The summed E-state index contributed by atoms with van der Waals surface area (Å²) < 4.78 is 4.92. The molecule has 0 heterocycles. The number of carbonyl (C=O) groups is 2. The van der Waals surface area contributed by atoms with Gasteiger partial charge in [0.25, 0.3) is 0 Å². The van der Waals surface area contributed by atoms with Gasteiger partial charge < -0.3 is 4.74 Å². The number of esters is 1. The highest BCUT2D eigenvalue weighted by Crippen LogP contribution is 2.37. The van der Waals surface area contributed by atoms with Crippen LogP contribution in [-0.2, 0) is 14.3 Å². The Morgan fingerprint density at radius 3 is 2.83 bits per heavy atom. The van der Waals surface area contributed by atoms with Gasteiger partial charge in [-0.25, -0.2) is 0 Å². The summed E-state index contributed by atoms with van der Waals surface area (Å²) in [5, 5.41) is 0. The van der Waals surface area contributed by atoms with Gasteiger partial charge in [-0.05, 0) is 6.42 Å². The lowest BCUT2D eigenvalue weighted by atomic mass is 10.0. The van der Waals surface area contributed by atoms with Gasteiger partial charge >= 0.3 is 5.97 Å². The van der Waals surface area contributed by atoms with Gasteiger partial charge in [0.2, 0.25) is 0 Å². The van der Waals surface area contributed by atoms with E-state index in [9.17, 15) is 9.59 Å². The van der Waals surface area contributed by atoms with Crippen molar-refractivity contribution in [2.75, 3.05) is 0 Å². The molecule has 0 unspecified atom stereocenters. The molecule has 2 rings (SSSR count). The Morgan fingerprint density at radius 1 is 1.58 bits per heavy atom. The van der Waals surface area contributed by atoms with Crippen LogP contribution in [-0.4, -0.2) is 17.9 Å². The molecule has 0 spiro atoms. The minimum absolute atomic E-state index is 0.0133. The highest BCUT2D eigenvalue weighted by atomic mass is 16.5. The predicted octanol–water partition coefficient (Wildman–Crippen LogP) is 0.693. The van der Waals surface area contributed by atoms with Crippen LogP contribution in [0.25, 0.3) is 0 Å². The molecule has 2 aliphatic carbocycles. The van der Waals surface area contributed by atoms with E-state index in [2.05, 4.69) is 0 Å². The van der Waals surface area contributed by atoms with Gasteiger partial charge in [-0.15, -0.1) is 0 Å². The average molecular weight is 166 g/mol. The fourth-order valence-electron chi connectivity index (χ4n) is 1.91. The molecule has 0 amide bonds. The zero-order valence-electron chi connectivity index (χ0n) is 6.82. The second-order valence-corrected chi connectivity index (χ2v) is 3.32. The molecule has 0 aliphatic heterocycles. The Morgan fingerprint density at radius 2 is 2.33 bits per heavy atom. The molecule has 2 aliphatic rings. The second kappa shape index (κ2) is 2.44. The third-order valence-corrected chi connectivity index (χ3v) is 2.44. The molecule has 0 aromatic rings. The van der Waals surface area contributed by atoms with E-state index < -0.39 is 6.10 Å². The maximum atomic E-state index is 11.4. The summed E-state index contributed by atoms with van der Waals surface area (Å²) >= 11 is 0. The Balaban J connectivity index is 2.13. The quantitative estimate of drug-likeness (QED) is 0.425. The maximum Gasteiger partial charge on any atom is 0.303 e. The van der Waals surface area contributed by atoms with E-state index in [4.69, 9.17) is 4.74 Å². The van der Waals surface area contributed by atoms with E-state index in [1.165, 1.54) is 6.92 Å². The third kappa shape index (κ3) is 0.967. The minimum atomic E-state index is -0.488. The molecule has 0 radical (unpaired) electrons. The molecule has 3 heteroatoms. The first-order valence-corrected chi connectivity index (χ1v) is 4.08. The normalized spacial score (nSPS) is 37.4. The molecular formula is C9H10O3. The van der Waals surface area contributed by atoms with Crippen LogP contribution in [0.4, 0.5) is 0 Å². The minimum Gasteiger partial charge on any atom is -0.454 e. The fourth-order valence-corrected chi connectivity index (χ4v) is 1.91. The van der Waals surface area contributed by atoms with Gasteiger partial charge in [-0.1, -0.05) is 12.2 Å². The number of fused-ring (bicyclic) bond motifs is 2. The van der Waals surface area contributed by atoms with Crippen LogP contribution < -0.4 is 0 Å². The average Bonchev–Trinajstić information content (AvgIpc) is 2.53. The van der Waals surface area contributed by atoms with E-state index in [-0.39, 0.29) is 23.6 Å². The lowest BCUT2D eigenvalue weighted by Crippen LogP contribution is -2.29. The summed E-state index contributed by atoms with van der Waals surface area (Å²) in [5.41, 5.74) is 0. The van der Waals surface area contributed by atoms with E-state index in [1.54, 1.807) is 0 Å². The highest BCUT2D eigenvalue weighted by molar-refractivity contribution is 5.92. The molecular weight excluding hydrogens is 156 g/mol. The maximum absolute atomic E-state index is 11.4. The van der Waals surface area contributed by atoms with Gasteiger partial charge in [0, 0.05) is 18.8 Å². The molecule has 0 N–H and O–H groups in total. The SMILES string of the molecule is CC(=O)O[C@@H]1C(=O)[C@@H]2C=C[C@H]1C2. The summed E-state index contributed by atoms with van der Waals surface area (Å²) in [6.07, 6.45) is 4.22. The van der Waals surface area contributed by atoms with Gasteiger partial charge in [-0.3, -0.25) is 9.59 Å². The van der Waals surface area contributed by atoms with Crippen molar-refractivity contribution in [3.63, 3.8) is 0 Å². The summed E-state index contributed by atoms with van der Waals surface area (Å²) in [5.74, 6) is -0.141. The topological polar surface area (TPSA) is 43.4 Å². The lowest BCUT2D eigenvalue weighted by Gasteiger charge is -2.15. The van der Waals surface area contributed by atoms with Crippen molar-refractivity contribution in [1.82, 2.24) is 0 Å². The number of hydrogen-bond acceptors (Lipinski definition) is 3. The molecule has 3 nitrogen and oxygen atoms in total. The number of ketones is 1. The first-order chi connectivity index (χ1) is 5.68. The van der Waals surface area contributed by atoms with Crippen LogP contribution in [0.15, 0.2) is 12.2 Å². The van der Waals surface area contributed by atoms with E-state index in [0.29, 0.717) is 0 Å². The Bertz CT molecular complexity index is 267. The monoisotopic (exact) mass is 166 g/mol. The number of rotatable bonds is 1. The second-order valence-electron chi connectivity index (χ2n) is 3.32. The van der Waals surface area contributed by atoms with Crippen LogP contribution in [0.3, 0.4) is 0 Å². The van der Waals surface area contributed by atoms with E-state index in [1.807, 2.05) is 12.2 Å². The number of hydrogen-bond donors (Lipinski definition) is 0. The van der Waals surface area contributed by atoms with E-state index >= 15 is 0 Å². The van der Waals surface area contributed by atoms with E-state index in [0.717, 1.165) is 6.42 Å². The Kier molecular flexibility index (Phi) is 1.53. The molecule has 12 heavy (non-hydrogen) atoms.